The number of hydrogen-bond acceptors (Lipinski definition) is 6. The molecule has 0 aromatic heterocycles. The van der Waals surface area contributed by atoms with Gasteiger partial charge in [-0.1, -0.05) is 219 Å². The van der Waals surface area contributed by atoms with E-state index >= 15 is 0 Å². The predicted octanol–water partition coefficient (Wildman–Crippen LogP) is 15.6. The highest BCUT2D eigenvalue weighted by atomic mass is 16.5. The van der Waals surface area contributed by atoms with Gasteiger partial charge in [-0.25, -0.2) is 14.4 Å². The van der Waals surface area contributed by atoms with Crippen molar-refractivity contribution >= 4 is 17.9 Å². The zero-order valence-electron chi connectivity index (χ0n) is 37.6. The van der Waals surface area contributed by atoms with Crippen LogP contribution in [0.2, 0.25) is 0 Å². The zero-order chi connectivity index (χ0) is 41.8. The van der Waals surface area contributed by atoms with Crippen LogP contribution >= 0.6 is 0 Å². The summed E-state index contributed by atoms with van der Waals surface area (Å²) in [4.78, 5) is 33.8. The molecule has 0 saturated carbocycles. The first-order chi connectivity index (χ1) is 27.9. The van der Waals surface area contributed by atoms with Gasteiger partial charge >= 0.3 is 17.9 Å². The minimum atomic E-state index is -0.314. The van der Waals surface area contributed by atoms with Crippen LogP contribution in [0, 0.1) is 5.41 Å². The molecular formula is C51H92O6. The van der Waals surface area contributed by atoms with Crippen LogP contribution in [-0.2, 0) is 28.6 Å². The Morgan fingerprint density at radius 2 is 0.526 bits per heavy atom. The number of ether oxygens (including phenoxy) is 3. The lowest BCUT2D eigenvalue weighted by Gasteiger charge is -2.35. The van der Waals surface area contributed by atoms with Gasteiger partial charge in [-0.05, 0) is 50.4 Å². The lowest BCUT2D eigenvalue weighted by atomic mass is 9.70. The summed E-state index contributed by atoms with van der Waals surface area (Å²) in [5.41, 5.74) is 0.471. The van der Waals surface area contributed by atoms with E-state index in [1.54, 1.807) is 0 Å². The summed E-state index contributed by atoms with van der Waals surface area (Å²) in [6.45, 7) is 14.3. The summed E-state index contributed by atoms with van der Waals surface area (Å²) >= 11 is 0. The molecule has 0 rings (SSSR count). The van der Waals surface area contributed by atoms with E-state index in [9.17, 15) is 14.4 Å². The lowest BCUT2D eigenvalue weighted by molar-refractivity contribution is -0.138. The molecule has 57 heavy (non-hydrogen) atoms. The second-order valence-electron chi connectivity index (χ2n) is 16.9. The number of carbonyl (C=O) groups is 3. The van der Waals surface area contributed by atoms with Gasteiger partial charge in [0.15, 0.2) is 0 Å². The van der Waals surface area contributed by atoms with Gasteiger partial charge < -0.3 is 14.2 Å². The Morgan fingerprint density at radius 1 is 0.333 bits per heavy atom. The highest BCUT2D eigenvalue weighted by Crippen LogP contribution is 2.42. The Hall–Kier alpha value is -2.37. The summed E-state index contributed by atoms with van der Waals surface area (Å²) in [7, 11) is 0. The van der Waals surface area contributed by atoms with E-state index in [0.29, 0.717) is 25.2 Å². The highest BCUT2D eigenvalue weighted by molar-refractivity contribution is 5.81. The van der Waals surface area contributed by atoms with Gasteiger partial charge in [-0.15, -0.1) is 0 Å². The summed E-state index contributed by atoms with van der Waals surface area (Å²) in [6, 6.07) is 0. The molecule has 1 atom stereocenters. The monoisotopic (exact) mass is 801 g/mol. The molecule has 0 aliphatic rings. The van der Waals surface area contributed by atoms with Crippen molar-refractivity contribution in [1.29, 1.82) is 0 Å². The van der Waals surface area contributed by atoms with Crippen molar-refractivity contribution in [1.82, 2.24) is 0 Å². The Morgan fingerprint density at radius 3 is 0.754 bits per heavy atom. The van der Waals surface area contributed by atoms with Crippen molar-refractivity contribution in [2.24, 2.45) is 5.41 Å². The molecular weight excluding hydrogens is 709 g/mol. The fraction of sp³-hybridized carbons (Fsp3) is 0.824. The Balaban J connectivity index is 4.71. The average Bonchev–Trinajstić information content (AvgIpc) is 3.22. The molecule has 332 valence electrons. The van der Waals surface area contributed by atoms with Crippen molar-refractivity contribution in [2.75, 3.05) is 19.8 Å². The fourth-order valence-corrected chi connectivity index (χ4v) is 8.24. The standard InChI is InChI=1S/C51H92O6/c1-5-9-10-11-23-28-34-41-51(44-37-33-40-47-57-50(54)8-4,43-36-30-25-20-16-14-18-22-27-32-39-46-56-49(53)7-3)42-35-29-24-19-15-12-13-17-21-26-31-38-45-55-48(52)6-2/h6-8H,2-5,9-47H2,1H3. The van der Waals surface area contributed by atoms with Gasteiger partial charge in [-0.2, -0.15) is 0 Å². The first kappa shape index (κ1) is 54.6. The molecule has 0 radical (unpaired) electrons. The van der Waals surface area contributed by atoms with Crippen LogP contribution in [0.5, 0.6) is 0 Å². The topological polar surface area (TPSA) is 78.9 Å². The van der Waals surface area contributed by atoms with E-state index in [4.69, 9.17) is 14.2 Å². The lowest BCUT2D eigenvalue weighted by Crippen LogP contribution is -2.21. The predicted molar refractivity (Wildman–Crippen MR) is 242 cm³/mol. The molecule has 6 heteroatoms. The molecule has 0 N–H and O–H groups in total. The number of rotatable bonds is 46. The van der Waals surface area contributed by atoms with Crippen LogP contribution in [0.25, 0.3) is 0 Å². The molecule has 0 spiro atoms. The van der Waals surface area contributed by atoms with Gasteiger partial charge in [0, 0.05) is 18.2 Å². The normalized spacial score (nSPS) is 12.2. The van der Waals surface area contributed by atoms with Crippen LogP contribution in [-0.4, -0.2) is 37.7 Å². The maximum atomic E-state index is 11.5. The zero-order valence-corrected chi connectivity index (χ0v) is 37.6. The maximum Gasteiger partial charge on any atom is 0.330 e. The summed E-state index contributed by atoms with van der Waals surface area (Å²) < 4.78 is 15.4. The van der Waals surface area contributed by atoms with Crippen molar-refractivity contribution in [3.63, 3.8) is 0 Å². The van der Waals surface area contributed by atoms with Crippen molar-refractivity contribution in [3.05, 3.63) is 38.0 Å². The smallest absolute Gasteiger partial charge is 0.330 e. The van der Waals surface area contributed by atoms with Crippen molar-refractivity contribution in [3.8, 4) is 0 Å². The molecule has 0 aromatic carbocycles. The second kappa shape index (κ2) is 43.2. The van der Waals surface area contributed by atoms with E-state index < -0.39 is 0 Å². The van der Waals surface area contributed by atoms with Crippen molar-refractivity contribution < 1.29 is 28.6 Å². The molecule has 6 nitrogen and oxygen atoms in total. The fourth-order valence-electron chi connectivity index (χ4n) is 8.24. The van der Waals surface area contributed by atoms with E-state index in [2.05, 4.69) is 26.7 Å². The maximum absolute atomic E-state index is 11.5. The van der Waals surface area contributed by atoms with Gasteiger partial charge in [0.2, 0.25) is 0 Å². The summed E-state index contributed by atoms with van der Waals surface area (Å²) in [5, 5.41) is 0. The van der Waals surface area contributed by atoms with Crippen LogP contribution in [0.1, 0.15) is 244 Å². The van der Waals surface area contributed by atoms with Gasteiger partial charge in [0.1, 0.15) is 0 Å². The van der Waals surface area contributed by atoms with E-state index in [1.807, 2.05) is 0 Å². The average molecular weight is 801 g/mol. The molecule has 0 aliphatic carbocycles. The molecule has 0 aliphatic heterocycles. The molecule has 0 saturated heterocycles. The van der Waals surface area contributed by atoms with Crippen LogP contribution in [0.4, 0.5) is 0 Å². The molecule has 0 fully saturated rings. The molecule has 0 heterocycles. The Bertz CT molecular complexity index is 959. The SMILES string of the molecule is C=CC(=O)OCCCCCCCCCCCCCCC(CCCCCCCCC)(CCCCCCCCCCCCCOC(=O)C=C)CCCCCOC(=O)C=C. The number of unbranched alkanes of at least 4 members (excludes halogenated alkanes) is 29. The highest BCUT2D eigenvalue weighted by Gasteiger charge is 2.28. The minimum absolute atomic E-state index is 0.304. The largest absolute Gasteiger partial charge is 0.463 e. The second-order valence-corrected chi connectivity index (χ2v) is 16.9. The first-order valence-corrected chi connectivity index (χ1v) is 24.3. The summed E-state index contributed by atoms with van der Waals surface area (Å²) in [6.07, 6.45) is 51.8. The molecule has 0 bridgehead atoms. The molecule has 0 aromatic rings. The number of hydrogen-bond donors (Lipinski definition) is 0. The van der Waals surface area contributed by atoms with Crippen molar-refractivity contribution in [2.45, 2.75) is 244 Å². The van der Waals surface area contributed by atoms with E-state index in [-0.39, 0.29) is 17.9 Å². The van der Waals surface area contributed by atoms with E-state index in [0.717, 1.165) is 38.5 Å². The van der Waals surface area contributed by atoms with Crippen LogP contribution in [0.15, 0.2) is 38.0 Å². The van der Waals surface area contributed by atoms with Gasteiger partial charge in [0.05, 0.1) is 19.8 Å². The quantitative estimate of drug-likeness (QED) is 0.0264. The third-order valence-electron chi connectivity index (χ3n) is 11.8. The Kier molecular flexibility index (Phi) is 41.4. The number of carbonyl (C=O) groups excluding carboxylic acids is 3. The van der Waals surface area contributed by atoms with E-state index in [1.165, 1.54) is 217 Å². The molecule has 1 unspecified atom stereocenters. The third kappa shape index (κ3) is 38.9. The summed E-state index contributed by atoms with van der Waals surface area (Å²) in [5.74, 6) is -0.932. The van der Waals surface area contributed by atoms with Crippen LogP contribution < -0.4 is 0 Å². The van der Waals surface area contributed by atoms with Gasteiger partial charge in [0.25, 0.3) is 0 Å². The van der Waals surface area contributed by atoms with Crippen LogP contribution in [0.3, 0.4) is 0 Å². The molecule has 0 amide bonds. The van der Waals surface area contributed by atoms with Gasteiger partial charge in [-0.3, -0.25) is 0 Å². The number of esters is 3. The third-order valence-corrected chi connectivity index (χ3v) is 11.8. The minimum Gasteiger partial charge on any atom is -0.463 e. The Labute approximate surface area is 353 Å². The first-order valence-electron chi connectivity index (χ1n) is 24.3.